The van der Waals surface area contributed by atoms with E-state index in [1.165, 1.54) is 44.2 Å². The highest BCUT2D eigenvalue weighted by Gasteiger charge is 2.14. The first-order valence-electron chi connectivity index (χ1n) is 8.33. The molecule has 0 radical (unpaired) electrons. The van der Waals surface area contributed by atoms with Gasteiger partial charge in [-0.25, -0.2) is 4.39 Å². The molecule has 122 valence electrons. The normalized spacial score (nSPS) is 16.0. The van der Waals surface area contributed by atoms with Crippen molar-refractivity contribution in [3.05, 3.63) is 35.6 Å². The quantitative estimate of drug-likeness (QED) is 0.840. The average Bonchev–Trinajstić information content (AvgIpc) is 2.53. The van der Waals surface area contributed by atoms with Gasteiger partial charge in [0.1, 0.15) is 5.82 Å². The van der Waals surface area contributed by atoms with E-state index < -0.39 is 0 Å². The van der Waals surface area contributed by atoms with E-state index in [2.05, 4.69) is 5.32 Å². The molecule has 1 aromatic rings. The van der Waals surface area contributed by atoms with Gasteiger partial charge < -0.3 is 5.32 Å². The van der Waals surface area contributed by atoms with Gasteiger partial charge in [0.2, 0.25) is 5.91 Å². The van der Waals surface area contributed by atoms with Crippen molar-refractivity contribution in [3.8, 4) is 0 Å². The lowest BCUT2D eigenvalue weighted by molar-refractivity contribution is -0.122. The number of hydrogen-bond donors (Lipinski definition) is 1. The van der Waals surface area contributed by atoms with Gasteiger partial charge in [0.05, 0.1) is 6.54 Å². The maximum atomic E-state index is 12.8. The van der Waals surface area contributed by atoms with E-state index in [-0.39, 0.29) is 11.7 Å². The molecule has 1 amide bonds. The van der Waals surface area contributed by atoms with Crippen LogP contribution >= 0.6 is 0 Å². The molecule has 1 fully saturated rings. The number of rotatable bonds is 7. The van der Waals surface area contributed by atoms with Gasteiger partial charge in [-0.3, -0.25) is 9.69 Å². The van der Waals surface area contributed by atoms with Gasteiger partial charge in [-0.05, 0) is 49.9 Å². The average molecular weight is 306 g/mol. The summed E-state index contributed by atoms with van der Waals surface area (Å²) < 4.78 is 12.8. The molecule has 0 atom stereocenters. The number of carbonyl (C=O) groups is 1. The molecule has 0 unspecified atom stereocenters. The summed E-state index contributed by atoms with van der Waals surface area (Å²) in [6.45, 7) is 2.04. The van der Waals surface area contributed by atoms with E-state index in [0.717, 1.165) is 25.1 Å². The fraction of sp³-hybridized carbons (Fsp3) is 0.611. The number of nitrogens with zero attached hydrogens (tertiary/aromatic N) is 1. The van der Waals surface area contributed by atoms with Gasteiger partial charge in [-0.1, -0.05) is 31.4 Å². The van der Waals surface area contributed by atoms with Crippen LogP contribution in [0.15, 0.2) is 24.3 Å². The third kappa shape index (κ3) is 6.14. The van der Waals surface area contributed by atoms with Crippen molar-refractivity contribution in [2.45, 2.75) is 38.5 Å². The van der Waals surface area contributed by atoms with Crippen molar-refractivity contribution in [1.29, 1.82) is 0 Å². The number of nitrogens with one attached hydrogen (secondary N) is 1. The molecule has 0 aromatic heterocycles. The summed E-state index contributed by atoms with van der Waals surface area (Å²) in [6, 6.07) is 6.55. The summed E-state index contributed by atoms with van der Waals surface area (Å²) in [5.41, 5.74) is 1.09. The van der Waals surface area contributed by atoms with Crippen molar-refractivity contribution in [2.75, 3.05) is 26.7 Å². The molecule has 0 spiro atoms. The second-order valence-electron chi connectivity index (χ2n) is 6.42. The molecule has 3 nitrogen and oxygen atoms in total. The molecule has 0 aliphatic heterocycles. The standard InChI is InChI=1S/C18H27FN2O/c1-21(12-11-15-7-9-17(19)10-8-15)14-18(22)20-13-16-5-3-2-4-6-16/h7-10,16H,2-6,11-14H2,1H3,(H,20,22). The molecule has 2 rings (SSSR count). The lowest BCUT2D eigenvalue weighted by Gasteiger charge is -2.22. The van der Waals surface area contributed by atoms with Gasteiger partial charge in [0.25, 0.3) is 0 Å². The molecule has 1 aliphatic carbocycles. The Morgan fingerprint density at radius 2 is 1.91 bits per heavy atom. The molecule has 1 saturated carbocycles. The lowest BCUT2D eigenvalue weighted by atomic mass is 9.89. The van der Waals surface area contributed by atoms with Crippen LogP contribution in [0, 0.1) is 11.7 Å². The topological polar surface area (TPSA) is 32.3 Å². The van der Waals surface area contributed by atoms with E-state index in [1.54, 1.807) is 12.1 Å². The number of halogens is 1. The zero-order valence-electron chi connectivity index (χ0n) is 13.5. The van der Waals surface area contributed by atoms with E-state index in [9.17, 15) is 9.18 Å². The number of carbonyl (C=O) groups excluding carboxylic acids is 1. The second-order valence-corrected chi connectivity index (χ2v) is 6.42. The van der Waals surface area contributed by atoms with Crippen molar-refractivity contribution in [1.82, 2.24) is 10.2 Å². The minimum Gasteiger partial charge on any atom is -0.355 e. The molecule has 1 aromatic carbocycles. The van der Waals surface area contributed by atoms with Crippen LogP contribution in [-0.4, -0.2) is 37.5 Å². The maximum absolute atomic E-state index is 12.8. The molecule has 1 aliphatic rings. The number of likely N-dealkylation sites (N-methyl/N-ethyl adjacent to an activating group) is 1. The third-order valence-electron chi connectivity index (χ3n) is 4.42. The highest BCUT2D eigenvalue weighted by Crippen LogP contribution is 2.22. The minimum atomic E-state index is -0.209. The molecular weight excluding hydrogens is 279 g/mol. The predicted molar refractivity (Wildman–Crippen MR) is 87.2 cm³/mol. The molecule has 0 saturated heterocycles. The Hall–Kier alpha value is -1.42. The Balaban J connectivity index is 1.62. The van der Waals surface area contributed by atoms with Gasteiger partial charge >= 0.3 is 0 Å². The largest absolute Gasteiger partial charge is 0.355 e. The summed E-state index contributed by atoms with van der Waals surface area (Å²) in [5.74, 6) is 0.564. The number of amides is 1. The zero-order valence-corrected chi connectivity index (χ0v) is 13.5. The molecule has 22 heavy (non-hydrogen) atoms. The molecule has 0 heterocycles. The van der Waals surface area contributed by atoms with Gasteiger partial charge in [0.15, 0.2) is 0 Å². The van der Waals surface area contributed by atoms with Gasteiger partial charge in [-0.2, -0.15) is 0 Å². The van der Waals surface area contributed by atoms with Crippen LogP contribution in [0.2, 0.25) is 0 Å². The first-order valence-corrected chi connectivity index (χ1v) is 8.33. The molecular formula is C18H27FN2O. The van der Waals surface area contributed by atoms with Gasteiger partial charge in [0, 0.05) is 13.1 Å². The highest BCUT2D eigenvalue weighted by atomic mass is 19.1. The van der Waals surface area contributed by atoms with E-state index in [4.69, 9.17) is 0 Å². The van der Waals surface area contributed by atoms with Gasteiger partial charge in [-0.15, -0.1) is 0 Å². The molecule has 4 heteroatoms. The van der Waals surface area contributed by atoms with Crippen molar-refractivity contribution in [2.24, 2.45) is 5.92 Å². The summed E-state index contributed by atoms with van der Waals surface area (Å²) in [6.07, 6.45) is 7.28. The second kappa shape index (κ2) is 8.89. The Morgan fingerprint density at radius 1 is 1.23 bits per heavy atom. The van der Waals surface area contributed by atoms with Crippen LogP contribution in [0.5, 0.6) is 0 Å². The van der Waals surface area contributed by atoms with Crippen LogP contribution in [0.1, 0.15) is 37.7 Å². The SMILES string of the molecule is CN(CCc1ccc(F)cc1)CC(=O)NCC1CCCCC1. The zero-order chi connectivity index (χ0) is 15.8. The summed E-state index contributed by atoms with van der Waals surface area (Å²) in [5, 5.41) is 3.06. The number of benzene rings is 1. The Morgan fingerprint density at radius 3 is 2.59 bits per heavy atom. The monoisotopic (exact) mass is 306 g/mol. The summed E-state index contributed by atoms with van der Waals surface area (Å²) >= 11 is 0. The molecule has 1 N–H and O–H groups in total. The fourth-order valence-electron chi connectivity index (χ4n) is 3.00. The van der Waals surface area contributed by atoms with Crippen LogP contribution < -0.4 is 5.32 Å². The van der Waals surface area contributed by atoms with Crippen molar-refractivity contribution in [3.63, 3.8) is 0 Å². The Kier molecular flexibility index (Phi) is 6.84. The van der Waals surface area contributed by atoms with Crippen LogP contribution in [0.4, 0.5) is 4.39 Å². The smallest absolute Gasteiger partial charge is 0.234 e. The van der Waals surface area contributed by atoms with Crippen LogP contribution in [0.3, 0.4) is 0 Å². The Labute approximate surface area is 132 Å². The van der Waals surface area contributed by atoms with E-state index in [1.807, 2.05) is 11.9 Å². The third-order valence-corrected chi connectivity index (χ3v) is 4.42. The lowest BCUT2D eigenvalue weighted by Crippen LogP contribution is -2.38. The summed E-state index contributed by atoms with van der Waals surface area (Å²) in [4.78, 5) is 14.0. The first kappa shape index (κ1) is 16.9. The Bertz CT molecular complexity index is 455. The minimum absolute atomic E-state index is 0.104. The van der Waals surface area contributed by atoms with Crippen molar-refractivity contribution < 1.29 is 9.18 Å². The van der Waals surface area contributed by atoms with E-state index in [0.29, 0.717) is 12.5 Å². The maximum Gasteiger partial charge on any atom is 0.234 e. The first-order chi connectivity index (χ1) is 10.6. The van der Waals surface area contributed by atoms with Crippen LogP contribution in [-0.2, 0) is 11.2 Å². The fourth-order valence-corrected chi connectivity index (χ4v) is 3.00. The molecule has 0 bridgehead atoms. The number of hydrogen-bond acceptors (Lipinski definition) is 2. The van der Waals surface area contributed by atoms with Crippen LogP contribution in [0.25, 0.3) is 0 Å². The van der Waals surface area contributed by atoms with Crippen molar-refractivity contribution >= 4 is 5.91 Å². The summed E-state index contributed by atoms with van der Waals surface area (Å²) in [7, 11) is 1.95. The van der Waals surface area contributed by atoms with E-state index >= 15 is 0 Å². The highest BCUT2D eigenvalue weighted by molar-refractivity contribution is 5.77. The predicted octanol–water partition coefficient (Wildman–Crippen LogP) is 3.00.